The number of benzene rings is 1. The lowest BCUT2D eigenvalue weighted by atomic mass is 10.0. The van der Waals surface area contributed by atoms with E-state index in [-0.39, 0.29) is 17.3 Å². The number of nitro benzene ring substituents is 1. The molecule has 8 nitrogen and oxygen atoms in total. The van der Waals surface area contributed by atoms with E-state index >= 15 is 0 Å². The first kappa shape index (κ1) is 18.8. The van der Waals surface area contributed by atoms with Crippen molar-refractivity contribution in [3.05, 3.63) is 38.6 Å². The van der Waals surface area contributed by atoms with Gasteiger partial charge in [-0.25, -0.2) is 4.98 Å². The fourth-order valence-corrected chi connectivity index (χ4v) is 4.04. The minimum absolute atomic E-state index is 0.0419. The van der Waals surface area contributed by atoms with Crippen LogP contribution in [-0.2, 0) is 11.2 Å². The number of rotatable bonds is 7. The lowest BCUT2D eigenvalue weighted by Gasteiger charge is -2.06. The molecule has 0 unspecified atom stereocenters. The van der Waals surface area contributed by atoms with Crippen LogP contribution in [0, 0.1) is 16.0 Å². The highest BCUT2D eigenvalue weighted by molar-refractivity contribution is 9.10. The van der Waals surface area contributed by atoms with E-state index in [1.165, 1.54) is 55.6 Å². The van der Waals surface area contributed by atoms with Gasteiger partial charge in [-0.1, -0.05) is 37.4 Å². The molecule has 1 aliphatic rings. The molecule has 0 aliphatic heterocycles. The summed E-state index contributed by atoms with van der Waals surface area (Å²) >= 11 is 4.48. The van der Waals surface area contributed by atoms with Crippen LogP contribution in [0.5, 0.6) is 0 Å². The number of H-pyrrole nitrogens is 1. The van der Waals surface area contributed by atoms with Crippen molar-refractivity contribution in [1.82, 2.24) is 15.2 Å². The van der Waals surface area contributed by atoms with Gasteiger partial charge in [-0.05, 0) is 27.9 Å². The number of carbonyl (C=O) groups excluding carboxylic acids is 1. The van der Waals surface area contributed by atoms with Crippen molar-refractivity contribution in [1.29, 1.82) is 0 Å². The summed E-state index contributed by atoms with van der Waals surface area (Å²) in [5, 5.41) is 21.1. The van der Waals surface area contributed by atoms with Gasteiger partial charge in [0, 0.05) is 23.0 Å². The van der Waals surface area contributed by atoms with Gasteiger partial charge in [0.05, 0.1) is 16.4 Å². The van der Waals surface area contributed by atoms with Crippen LogP contribution in [0.1, 0.15) is 31.5 Å². The minimum atomic E-state index is -0.487. The summed E-state index contributed by atoms with van der Waals surface area (Å²) < 4.78 is 0.460. The Bertz CT molecular complexity index is 807. The summed E-state index contributed by atoms with van der Waals surface area (Å²) in [6.07, 6.45) is 5.98. The Labute approximate surface area is 162 Å². The monoisotopic (exact) mass is 439 g/mol. The summed E-state index contributed by atoms with van der Waals surface area (Å²) in [6.45, 7) is 0. The van der Waals surface area contributed by atoms with Gasteiger partial charge in [-0.15, -0.1) is 5.10 Å². The summed E-state index contributed by atoms with van der Waals surface area (Å²) in [5.74, 6) is 1.48. The number of thioether (sulfide) groups is 1. The summed E-state index contributed by atoms with van der Waals surface area (Å²) in [4.78, 5) is 26.8. The Morgan fingerprint density at radius 3 is 2.88 bits per heavy atom. The van der Waals surface area contributed by atoms with Gasteiger partial charge < -0.3 is 5.32 Å². The van der Waals surface area contributed by atoms with E-state index in [1.807, 2.05) is 0 Å². The van der Waals surface area contributed by atoms with E-state index in [0.717, 1.165) is 12.2 Å². The molecule has 0 radical (unpaired) electrons. The highest BCUT2D eigenvalue weighted by Gasteiger charge is 2.18. The van der Waals surface area contributed by atoms with Gasteiger partial charge >= 0.3 is 0 Å². The lowest BCUT2D eigenvalue weighted by molar-refractivity contribution is -0.384. The van der Waals surface area contributed by atoms with E-state index in [1.54, 1.807) is 0 Å². The molecule has 1 heterocycles. The molecule has 26 heavy (non-hydrogen) atoms. The fraction of sp³-hybridized carbons (Fsp3) is 0.438. The zero-order chi connectivity index (χ0) is 18.5. The van der Waals surface area contributed by atoms with Gasteiger partial charge in [-0.2, -0.15) is 0 Å². The van der Waals surface area contributed by atoms with Gasteiger partial charge in [0.25, 0.3) is 5.69 Å². The zero-order valence-electron chi connectivity index (χ0n) is 13.9. The molecule has 10 heteroatoms. The van der Waals surface area contributed by atoms with Gasteiger partial charge in [0.2, 0.25) is 11.1 Å². The number of anilines is 1. The average Bonchev–Trinajstić information content (AvgIpc) is 3.27. The van der Waals surface area contributed by atoms with E-state index in [4.69, 9.17) is 0 Å². The second-order valence-corrected chi connectivity index (χ2v) is 7.97. The Morgan fingerprint density at radius 1 is 1.42 bits per heavy atom. The number of hydrogen-bond acceptors (Lipinski definition) is 6. The molecule has 0 bridgehead atoms. The van der Waals surface area contributed by atoms with Crippen LogP contribution in [-0.4, -0.2) is 31.8 Å². The first-order valence-electron chi connectivity index (χ1n) is 8.29. The smallest absolute Gasteiger partial charge is 0.270 e. The number of hydrogen-bond donors (Lipinski definition) is 2. The number of aromatic amines is 1. The number of non-ortho nitro benzene ring substituents is 1. The Hall–Kier alpha value is -1.94. The lowest BCUT2D eigenvalue weighted by Crippen LogP contribution is -2.14. The predicted octanol–water partition coefficient (Wildman–Crippen LogP) is 3.94. The first-order chi connectivity index (χ1) is 12.5. The predicted molar refractivity (Wildman–Crippen MR) is 102 cm³/mol. The molecule has 1 aliphatic carbocycles. The number of aromatic nitrogens is 3. The van der Waals surface area contributed by atoms with Crippen molar-refractivity contribution < 1.29 is 9.72 Å². The van der Waals surface area contributed by atoms with Crippen molar-refractivity contribution >= 4 is 45.0 Å². The maximum absolute atomic E-state index is 12.1. The average molecular weight is 440 g/mol. The molecule has 0 saturated heterocycles. The Balaban J connectivity index is 1.49. The number of nitrogens with one attached hydrogen (secondary N) is 2. The molecule has 1 amide bonds. The SMILES string of the molecule is O=C(CSc1n[nH]c(CC2CCCC2)n1)Nc1ccc([N+](=O)[O-])cc1Br. The number of halogens is 1. The van der Waals surface area contributed by atoms with Crippen LogP contribution in [0.4, 0.5) is 11.4 Å². The second kappa shape index (κ2) is 8.63. The zero-order valence-corrected chi connectivity index (χ0v) is 16.3. The van der Waals surface area contributed by atoms with Crippen molar-refractivity contribution in [2.24, 2.45) is 5.92 Å². The number of nitro groups is 1. The normalized spacial score (nSPS) is 14.5. The van der Waals surface area contributed by atoms with E-state index in [2.05, 4.69) is 36.4 Å². The van der Waals surface area contributed by atoms with Gasteiger partial charge in [0.15, 0.2) is 0 Å². The molecule has 2 N–H and O–H groups in total. The molecule has 138 valence electrons. The standard InChI is InChI=1S/C16H18BrN5O3S/c17-12-8-11(22(24)25)5-6-13(12)18-15(23)9-26-16-19-14(20-21-16)7-10-3-1-2-4-10/h5-6,8,10H,1-4,7,9H2,(H,18,23)(H,19,20,21). The highest BCUT2D eigenvalue weighted by atomic mass is 79.9. The van der Waals surface area contributed by atoms with E-state index in [0.29, 0.717) is 21.2 Å². The molecular weight excluding hydrogens is 422 g/mol. The van der Waals surface area contributed by atoms with Crippen molar-refractivity contribution in [3.63, 3.8) is 0 Å². The quantitative estimate of drug-likeness (QED) is 0.383. The van der Waals surface area contributed by atoms with Crippen molar-refractivity contribution in [3.8, 4) is 0 Å². The largest absolute Gasteiger partial charge is 0.324 e. The van der Waals surface area contributed by atoms with Crippen molar-refractivity contribution in [2.45, 2.75) is 37.3 Å². The van der Waals surface area contributed by atoms with E-state index in [9.17, 15) is 14.9 Å². The molecule has 1 fully saturated rings. The molecule has 1 aromatic carbocycles. The third-order valence-corrected chi connectivity index (χ3v) is 5.74. The molecule has 0 spiro atoms. The van der Waals surface area contributed by atoms with Crippen LogP contribution >= 0.6 is 27.7 Å². The first-order valence-corrected chi connectivity index (χ1v) is 10.1. The summed E-state index contributed by atoms with van der Waals surface area (Å²) in [6, 6.07) is 4.20. The fourth-order valence-electron chi connectivity index (χ4n) is 2.96. The third-order valence-electron chi connectivity index (χ3n) is 4.24. The highest BCUT2D eigenvalue weighted by Crippen LogP contribution is 2.28. The molecule has 3 rings (SSSR count). The maximum atomic E-state index is 12.1. The molecule has 2 aromatic rings. The number of nitrogens with zero attached hydrogens (tertiary/aromatic N) is 3. The second-order valence-electron chi connectivity index (χ2n) is 6.18. The Morgan fingerprint density at radius 2 is 2.19 bits per heavy atom. The van der Waals surface area contributed by atoms with Crippen molar-refractivity contribution in [2.75, 3.05) is 11.1 Å². The Kier molecular flexibility index (Phi) is 6.25. The van der Waals surface area contributed by atoms with Crippen LogP contribution < -0.4 is 5.32 Å². The maximum Gasteiger partial charge on any atom is 0.270 e. The number of amides is 1. The van der Waals surface area contributed by atoms with Crippen LogP contribution in [0.2, 0.25) is 0 Å². The summed E-state index contributed by atoms with van der Waals surface area (Å²) in [5.41, 5.74) is 0.442. The molecule has 0 atom stereocenters. The minimum Gasteiger partial charge on any atom is -0.324 e. The van der Waals surface area contributed by atoms with Crippen LogP contribution in [0.3, 0.4) is 0 Å². The molecule has 1 aromatic heterocycles. The third kappa shape index (κ3) is 5.04. The molecule has 1 saturated carbocycles. The van der Waals surface area contributed by atoms with Crippen LogP contribution in [0.25, 0.3) is 0 Å². The summed E-state index contributed by atoms with van der Waals surface area (Å²) in [7, 11) is 0. The van der Waals surface area contributed by atoms with Gasteiger partial charge in [-0.3, -0.25) is 20.0 Å². The molecular formula is C16H18BrN5O3S. The van der Waals surface area contributed by atoms with Gasteiger partial charge in [0.1, 0.15) is 5.82 Å². The topological polar surface area (TPSA) is 114 Å². The number of carbonyl (C=O) groups is 1. The van der Waals surface area contributed by atoms with Crippen LogP contribution in [0.15, 0.2) is 27.8 Å². The van der Waals surface area contributed by atoms with E-state index < -0.39 is 4.92 Å².